The molecule has 1 heterocycles. The summed E-state index contributed by atoms with van der Waals surface area (Å²) in [5.74, 6) is 0.651. The highest BCUT2D eigenvalue weighted by Gasteiger charge is 2.25. The largest absolute Gasteiger partial charge is 0.494 e. The summed E-state index contributed by atoms with van der Waals surface area (Å²) in [6, 6.07) is 14.2. The monoisotopic (exact) mass is 423 g/mol. The van der Waals surface area contributed by atoms with Crippen molar-refractivity contribution in [2.75, 3.05) is 7.11 Å². The number of hydrogen-bond donors (Lipinski definition) is 1. The number of methoxy groups -OCH3 is 1. The smallest absolute Gasteiger partial charge is 0.233 e. The van der Waals surface area contributed by atoms with Crippen molar-refractivity contribution in [2.24, 2.45) is 0 Å². The molecule has 1 N–H and O–H groups in total. The summed E-state index contributed by atoms with van der Waals surface area (Å²) in [5.41, 5.74) is 4.37. The number of tetrazole rings is 1. The van der Waals surface area contributed by atoms with E-state index in [9.17, 15) is 4.79 Å². The Balaban J connectivity index is 1.50. The van der Waals surface area contributed by atoms with Crippen molar-refractivity contribution in [3.8, 4) is 11.4 Å². The van der Waals surface area contributed by atoms with Gasteiger partial charge in [0.2, 0.25) is 11.1 Å². The van der Waals surface area contributed by atoms with Crippen LogP contribution in [0.3, 0.4) is 0 Å². The Morgan fingerprint density at radius 1 is 1.30 bits per heavy atom. The fraction of sp³-hybridized carbons (Fsp3) is 0.364. The second-order valence-electron chi connectivity index (χ2n) is 7.46. The third-order valence-electron chi connectivity index (χ3n) is 5.34. The standard InChI is InChI=1S/C22H25N5O2S/c1-14-11-12-20(29-3)19(13-14)27-22(24-25-26-27)30-15(2)21(28)23-18-10-6-8-16-7-4-5-9-17(16)18/h4-5,7,9,11-13,15,18H,6,8,10H2,1-3H3,(H,23,28)/t15-,18-/m0/s1. The number of ether oxygens (including phenoxy) is 1. The van der Waals surface area contributed by atoms with E-state index in [-0.39, 0.29) is 17.2 Å². The average Bonchev–Trinajstić information content (AvgIpc) is 3.21. The van der Waals surface area contributed by atoms with Crippen LogP contribution in [0.5, 0.6) is 5.75 Å². The summed E-state index contributed by atoms with van der Waals surface area (Å²) >= 11 is 1.33. The number of nitrogens with zero attached hydrogens (tertiary/aromatic N) is 4. The van der Waals surface area contributed by atoms with Gasteiger partial charge in [-0.15, -0.1) is 5.10 Å². The van der Waals surface area contributed by atoms with Crippen molar-refractivity contribution >= 4 is 17.7 Å². The van der Waals surface area contributed by atoms with E-state index in [4.69, 9.17) is 4.74 Å². The zero-order valence-corrected chi connectivity index (χ0v) is 18.1. The minimum Gasteiger partial charge on any atom is -0.494 e. The third kappa shape index (κ3) is 4.18. The van der Waals surface area contributed by atoms with Crippen molar-refractivity contribution in [3.05, 3.63) is 59.2 Å². The topological polar surface area (TPSA) is 81.9 Å². The van der Waals surface area contributed by atoms with Gasteiger partial charge in [-0.3, -0.25) is 4.79 Å². The van der Waals surface area contributed by atoms with Crippen LogP contribution in [0.2, 0.25) is 0 Å². The normalized spacial score (nSPS) is 16.6. The molecule has 7 nitrogen and oxygen atoms in total. The van der Waals surface area contributed by atoms with Gasteiger partial charge in [-0.25, -0.2) is 0 Å². The van der Waals surface area contributed by atoms with E-state index < -0.39 is 0 Å². The fourth-order valence-electron chi connectivity index (χ4n) is 3.77. The Bertz CT molecular complexity index is 1050. The van der Waals surface area contributed by atoms with E-state index >= 15 is 0 Å². The lowest BCUT2D eigenvalue weighted by Gasteiger charge is -2.27. The molecule has 0 spiro atoms. The SMILES string of the molecule is COc1ccc(C)cc1-n1nnnc1S[C@@H](C)C(=O)N[C@H]1CCCc2ccccc21. The molecule has 0 aliphatic heterocycles. The van der Waals surface area contributed by atoms with Crippen LogP contribution in [0.25, 0.3) is 5.69 Å². The molecule has 4 rings (SSSR count). The van der Waals surface area contributed by atoms with Gasteiger partial charge < -0.3 is 10.1 Å². The van der Waals surface area contributed by atoms with Gasteiger partial charge in [0.05, 0.1) is 18.4 Å². The molecule has 156 valence electrons. The van der Waals surface area contributed by atoms with Gasteiger partial charge in [-0.2, -0.15) is 4.68 Å². The van der Waals surface area contributed by atoms with Crippen molar-refractivity contribution in [2.45, 2.75) is 49.6 Å². The van der Waals surface area contributed by atoms with Crippen LogP contribution in [-0.2, 0) is 11.2 Å². The van der Waals surface area contributed by atoms with Crippen LogP contribution in [0.15, 0.2) is 47.6 Å². The van der Waals surface area contributed by atoms with Crippen molar-refractivity contribution in [1.29, 1.82) is 0 Å². The van der Waals surface area contributed by atoms with Gasteiger partial charge in [0.25, 0.3) is 0 Å². The number of aromatic nitrogens is 4. The van der Waals surface area contributed by atoms with Gasteiger partial charge in [-0.05, 0) is 72.4 Å². The zero-order valence-electron chi connectivity index (χ0n) is 17.3. The van der Waals surface area contributed by atoms with E-state index in [1.807, 2.05) is 38.1 Å². The molecule has 1 aliphatic rings. The highest BCUT2D eigenvalue weighted by Crippen LogP contribution is 2.31. The molecule has 0 saturated carbocycles. The Hall–Kier alpha value is -2.87. The highest BCUT2D eigenvalue weighted by atomic mass is 32.2. The number of carbonyl (C=O) groups is 1. The third-order valence-corrected chi connectivity index (χ3v) is 6.37. The molecule has 30 heavy (non-hydrogen) atoms. The first-order valence-electron chi connectivity index (χ1n) is 10.0. The first kappa shape index (κ1) is 20.4. The lowest BCUT2D eigenvalue weighted by atomic mass is 9.88. The molecular weight excluding hydrogens is 398 g/mol. The van der Waals surface area contributed by atoms with E-state index in [0.717, 1.165) is 30.5 Å². The van der Waals surface area contributed by atoms with Crippen molar-refractivity contribution in [3.63, 3.8) is 0 Å². The predicted molar refractivity (Wildman–Crippen MR) is 116 cm³/mol. The van der Waals surface area contributed by atoms with Crippen LogP contribution >= 0.6 is 11.8 Å². The highest BCUT2D eigenvalue weighted by molar-refractivity contribution is 8.00. The quantitative estimate of drug-likeness (QED) is 0.610. The maximum atomic E-state index is 12.9. The average molecular weight is 424 g/mol. The van der Waals surface area contributed by atoms with Gasteiger partial charge in [0.1, 0.15) is 11.4 Å². The first-order chi connectivity index (χ1) is 14.6. The van der Waals surface area contributed by atoms with Gasteiger partial charge in [-0.1, -0.05) is 42.1 Å². The van der Waals surface area contributed by atoms with Crippen LogP contribution in [0.4, 0.5) is 0 Å². The number of rotatable bonds is 6. The number of thioether (sulfide) groups is 1. The van der Waals surface area contributed by atoms with Crippen LogP contribution in [-0.4, -0.2) is 38.5 Å². The summed E-state index contributed by atoms with van der Waals surface area (Å²) in [4.78, 5) is 12.9. The second-order valence-corrected chi connectivity index (χ2v) is 8.77. The zero-order chi connectivity index (χ0) is 21.1. The minimum absolute atomic E-state index is 0.0209. The lowest BCUT2D eigenvalue weighted by Crippen LogP contribution is -2.36. The van der Waals surface area contributed by atoms with Crippen molar-refractivity contribution < 1.29 is 9.53 Å². The molecular formula is C22H25N5O2S. The summed E-state index contributed by atoms with van der Waals surface area (Å²) in [6.07, 6.45) is 3.10. The van der Waals surface area contributed by atoms with Gasteiger partial charge >= 0.3 is 0 Å². The molecule has 8 heteroatoms. The fourth-order valence-corrected chi connectivity index (χ4v) is 4.58. The molecule has 1 aliphatic carbocycles. The second kappa shape index (κ2) is 8.87. The number of benzene rings is 2. The molecule has 2 atom stereocenters. The van der Waals surface area contributed by atoms with E-state index in [1.165, 1.54) is 22.9 Å². The van der Waals surface area contributed by atoms with Crippen LogP contribution in [0.1, 0.15) is 42.5 Å². The molecule has 0 fully saturated rings. The Labute approximate surface area is 180 Å². The molecule has 1 amide bonds. The molecule has 0 unspecified atom stereocenters. The van der Waals surface area contributed by atoms with Gasteiger partial charge in [0.15, 0.2) is 0 Å². The summed E-state index contributed by atoms with van der Waals surface area (Å²) in [6.45, 7) is 3.87. The predicted octanol–water partition coefficient (Wildman–Crippen LogP) is 3.65. The van der Waals surface area contributed by atoms with E-state index in [2.05, 4.69) is 39.0 Å². The Morgan fingerprint density at radius 2 is 2.13 bits per heavy atom. The lowest BCUT2D eigenvalue weighted by molar-refractivity contribution is -0.121. The molecule has 0 bridgehead atoms. The van der Waals surface area contributed by atoms with Crippen LogP contribution < -0.4 is 10.1 Å². The summed E-state index contributed by atoms with van der Waals surface area (Å²) < 4.78 is 7.08. The molecule has 3 aromatic rings. The van der Waals surface area contributed by atoms with Crippen LogP contribution in [0, 0.1) is 6.92 Å². The number of hydrogen-bond acceptors (Lipinski definition) is 6. The number of aryl methyl sites for hydroxylation is 2. The van der Waals surface area contributed by atoms with E-state index in [1.54, 1.807) is 11.8 Å². The Kier molecular flexibility index (Phi) is 6.03. The first-order valence-corrected chi connectivity index (χ1v) is 10.9. The van der Waals surface area contributed by atoms with Gasteiger partial charge in [0, 0.05) is 0 Å². The maximum absolute atomic E-state index is 12.9. The summed E-state index contributed by atoms with van der Waals surface area (Å²) in [5, 5.41) is 15.5. The molecule has 2 aromatic carbocycles. The molecule has 0 saturated heterocycles. The maximum Gasteiger partial charge on any atom is 0.233 e. The number of carbonyl (C=O) groups excluding carboxylic acids is 1. The van der Waals surface area contributed by atoms with E-state index in [0.29, 0.717) is 10.9 Å². The van der Waals surface area contributed by atoms with Crippen molar-refractivity contribution in [1.82, 2.24) is 25.5 Å². The number of fused-ring (bicyclic) bond motifs is 1. The number of nitrogens with one attached hydrogen (secondary N) is 1. The molecule has 0 radical (unpaired) electrons. The summed E-state index contributed by atoms with van der Waals surface area (Å²) in [7, 11) is 1.61. The molecule has 1 aromatic heterocycles. The minimum atomic E-state index is -0.348. The Morgan fingerprint density at radius 3 is 2.97 bits per heavy atom. The number of amides is 1.